The van der Waals surface area contributed by atoms with Crippen LogP contribution in [0.5, 0.6) is 11.5 Å². The van der Waals surface area contributed by atoms with E-state index in [-0.39, 0.29) is 5.75 Å². The largest absolute Gasteiger partial charge is 0.508 e. The van der Waals surface area contributed by atoms with Gasteiger partial charge >= 0.3 is 0 Å². The van der Waals surface area contributed by atoms with Crippen LogP contribution in [0, 0.1) is 12.8 Å². The average molecular weight is 441 g/mol. The van der Waals surface area contributed by atoms with E-state index in [9.17, 15) is 5.11 Å². The van der Waals surface area contributed by atoms with Crippen molar-refractivity contribution in [2.24, 2.45) is 5.92 Å². The van der Waals surface area contributed by atoms with Crippen LogP contribution in [0.1, 0.15) is 24.5 Å². The summed E-state index contributed by atoms with van der Waals surface area (Å²) in [5, 5.41) is 11.0. The molecule has 0 aliphatic carbocycles. The molecule has 1 saturated heterocycles. The fraction of sp³-hybridized carbons (Fsp3) is 0.310. The summed E-state index contributed by atoms with van der Waals surface area (Å²) in [6, 6.07) is 24.5. The van der Waals surface area contributed by atoms with Gasteiger partial charge in [-0.3, -0.25) is 4.90 Å². The molecule has 4 nitrogen and oxygen atoms in total. The van der Waals surface area contributed by atoms with Crippen LogP contribution in [0.2, 0.25) is 0 Å². The Morgan fingerprint density at radius 1 is 0.939 bits per heavy atom. The molecule has 0 amide bonds. The van der Waals surface area contributed by atoms with Crippen LogP contribution in [0.3, 0.4) is 0 Å². The summed E-state index contributed by atoms with van der Waals surface area (Å²) in [6.45, 7) is 9.39. The predicted molar refractivity (Wildman–Crippen MR) is 135 cm³/mol. The van der Waals surface area contributed by atoms with Crippen molar-refractivity contribution < 1.29 is 9.84 Å². The maximum absolute atomic E-state index is 9.75. The molecule has 5 rings (SSSR count). The first-order valence-electron chi connectivity index (χ1n) is 11.9. The van der Waals surface area contributed by atoms with Crippen molar-refractivity contribution in [3.8, 4) is 22.8 Å². The molecule has 0 saturated carbocycles. The molecule has 2 heterocycles. The summed E-state index contributed by atoms with van der Waals surface area (Å²) in [6.07, 6.45) is 1.28. The van der Waals surface area contributed by atoms with Gasteiger partial charge in [0.25, 0.3) is 0 Å². The highest BCUT2D eigenvalue weighted by molar-refractivity contribution is 5.91. The third kappa shape index (κ3) is 4.49. The zero-order chi connectivity index (χ0) is 22.8. The van der Waals surface area contributed by atoms with Crippen molar-refractivity contribution in [1.29, 1.82) is 0 Å². The van der Waals surface area contributed by atoms with Gasteiger partial charge in [-0.25, -0.2) is 0 Å². The van der Waals surface area contributed by atoms with Crippen molar-refractivity contribution in [2.75, 3.05) is 26.2 Å². The molecule has 1 aliphatic heterocycles. The number of ether oxygens (including phenoxy) is 1. The number of hydrogen-bond donors (Lipinski definition) is 1. The van der Waals surface area contributed by atoms with E-state index in [1.807, 2.05) is 12.1 Å². The predicted octanol–water partition coefficient (Wildman–Crippen LogP) is 6.09. The highest BCUT2D eigenvalue weighted by Gasteiger charge is 2.24. The normalized spacial score (nSPS) is 14.5. The lowest BCUT2D eigenvalue weighted by Crippen LogP contribution is -2.47. The van der Waals surface area contributed by atoms with Crippen molar-refractivity contribution in [3.63, 3.8) is 0 Å². The second-order valence-electron chi connectivity index (χ2n) is 9.15. The first-order chi connectivity index (χ1) is 16.1. The molecular formula is C29H32N2O2. The Kier molecular flexibility index (Phi) is 6.10. The van der Waals surface area contributed by atoms with Crippen LogP contribution >= 0.6 is 0 Å². The maximum atomic E-state index is 9.75. The van der Waals surface area contributed by atoms with Gasteiger partial charge in [-0.1, -0.05) is 43.7 Å². The number of aryl methyl sites for hydroxylation is 1. The second kappa shape index (κ2) is 9.32. The molecule has 33 heavy (non-hydrogen) atoms. The molecule has 4 heteroatoms. The van der Waals surface area contributed by atoms with Gasteiger partial charge in [-0.05, 0) is 72.0 Å². The summed E-state index contributed by atoms with van der Waals surface area (Å²) in [7, 11) is 0. The van der Waals surface area contributed by atoms with E-state index in [1.54, 1.807) is 12.1 Å². The third-order valence-corrected chi connectivity index (χ3v) is 6.92. The van der Waals surface area contributed by atoms with Crippen molar-refractivity contribution in [1.82, 2.24) is 9.47 Å². The van der Waals surface area contributed by atoms with Crippen LogP contribution in [-0.2, 0) is 6.54 Å². The molecule has 0 radical (unpaired) electrons. The van der Waals surface area contributed by atoms with Crippen LogP contribution < -0.4 is 4.74 Å². The molecule has 3 aromatic carbocycles. The molecule has 1 aliphatic rings. The van der Waals surface area contributed by atoms with Crippen molar-refractivity contribution in [3.05, 3.63) is 83.9 Å². The standard InChI is InChI=1S/C29H32N2O2/c1-3-22-18-30(19-22)16-17-33-26-14-8-23(9-15-26)20-31-28-7-5-4-6-27(28)21(2)29(31)24-10-12-25(32)13-11-24/h4-15,22,32H,3,16-20H2,1-2H3. The molecule has 4 aromatic rings. The number of nitrogens with zero attached hydrogens (tertiary/aromatic N) is 2. The minimum absolute atomic E-state index is 0.286. The molecule has 1 N–H and O–H groups in total. The average Bonchev–Trinajstić information content (AvgIpc) is 3.09. The lowest BCUT2D eigenvalue weighted by atomic mass is 9.98. The number of fused-ring (bicyclic) bond motifs is 1. The highest BCUT2D eigenvalue weighted by atomic mass is 16.5. The number of para-hydroxylation sites is 1. The topological polar surface area (TPSA) is 37.6 Å². The van der Waals surface area contributed by atoms with E-state index in [0.29, 0.717) is 0 Å². The molecule has 0 bridgehead atoms. The van der Waals surface area contributed by atoms with Gasteiger partial charge in [0.2, 0.25) is 0 Å². The van der Waals surface area contributed by atoms with E-state index in [4.69, 9.17) is 4.74 Å². The third-order valence-electron chi connectivity index (χ3n) is 6.92. The van der Waals surface area contributed by atoms with Gasteiger partial charge in [-0.2, -0.15) is 0 Å². The summed E-state index contributed by atoms with van der Waals surface area (Å²) in [4.78, 5) is 2.47. The number of rotatable bonds is 8. The summed E-state index contributed by atoms with van der Waals surface area (Å²) < 4.78 is 8.37. The number of aromatic nitrogens is 1. The van der Waals surface area contributed by atoms with E-state index in [2.05, 4.69) is 71.8 Å². The molecule has 1 aromatic heterocycles. The van der Waals surface area contributed by atoms with Gasteiger partial charge in [0.15, 0.2) is 0 Å². The van der Waals surface area contributed by atoms with E-state index in [1.165, 1.54) is 47.2 Å². The Morgan fingerprint density at radius 3 is 2.39 bits per heavy atom. The van der Waals surface area contributed by atoms with Crippen LogP contribution in [0.4, 0.5) is 0 Å². The van der Waals surface area contributed by atoms with Gasteiger partial charge in [0.05, 0.1) is 5.69 Å². The zero-order valence-corrected chi connectivity index (χ0v) is 19.5. The fourth-order valence-electron chi connectivity index (χ4n) is 4.92. The SMILES string of the molecule is CCC1CN(CCOc2ccc(Cn3c(-c4ccc(O)cc4)c(C)c4ccccc43)cc2)C1. The maximum Gasteiger partial charge on any atom is 0.119 e. The minimum atomic E-state index is 0.286. The highest BCUT2D eigenvalue weighted by Crippen LogP contribution is 2.34. The Morgan fingerprint density at radius 2 is 1.67 bits per heavy atom. The Balaban J connectivity index is 1.33. The van der Waals surface area contributed by atoms with E-state index in [0.717, 1.165) is 36.9 Å². The molecule has 1 fully saturated rings. The minimum Gasteiger partial charge on any atom is -0.508 e. The van der Waals surface area contributed by atoms with Gasteiger partial charge < -0.3 is 14.4 Å². The Hall–Kier alpha value is -3.24. The summed E-state index contributed by atoms with van der Waals surface area (Å²) in [5.74, 6) is 2.09. The van der Waals surface area contributed by atoms with Crippen molar-refractivity contribution in [2.45, 2.75) is 26.8 Å². The fourth-order valence-corrected chi connectivity index (χ4v) is 4.92. The van der Waals surface area contributed by atoms with Crippen LogP contribution in [0.15, 0.2) is 72.8 Å². The molecule has 0 atom stereocenters. The smallest absolute Gasteiger partial charge is 0.119 e. The van der Waals surface area contributed by atoms with E-state index >= 15 is 0 Å². The van der Waals surface area contributed by atoms with Crippen LogP contribution in [0.25, 0.3) is 22.2 Å². The molecule has 170 valence electrons. The number of hydrogen-bond acceptors (Lipinski definition) is 3. The van der Waals surface area contributed by atoms with E-state index < -0.39 is 0 Å². The monoisotopic (exact) mass is 440 g/mol. The summed E-state index contributed by atoms with van der Waals surface area (Å²) in [5.41, 5.74) is 6.01. The second-order valence-corrected chi connectivity index (χ2v) is 9.15. The van der Waals surface area contributed by atoms with Gasteiger partial charge in [0, 0.05) is 37.1 Å². The quantitative estimate of drug-likeness (QED) is 0.360. The molecule has 0 unspecified atom stereocenters. The van der Waals surface area contributed by atoms with Crippen molar-refractivity contribution >= 4 is 10.9 Å². The first-order valence-corrected chi connectivity index (χ1v) is 11.9. The Labute approximate surface area is 196 Å². The number of phenols is 1. The Bertz CT molecular complexity index is 1220. The van der Waals surface area contributed by atoms with Crippen LogP contribution in [-0.4, -0.2) is 40.8 Å². The lowest BCUT2D eigenvalue weighted by molar-refractivity contribution is 0.0806. The lowest BCUT2D eigenvalue weighted by Gasteiger charge is -2.38. The van der Waals surface area contributed by atoms with Gasteiger partial charge in [-0.15, -0.1) is 0 Å². The zero-order valence-electron chi connectivity index (χ0n) is 19.5. The number of likely N-dealkylation sites (tertiary alicyclic amines) is 1. The molecular weight excluding hydrogens is 408 g/mol. The van der Waals surface area contributed by atoms with Gasteiger partial charge in [0.1, 0.15) is 18.1 Å². The molecule has 0 spiro atoms. The first kappa shape index (κ1) is 21.6. The number of benzene rings is 3. The summed E-state index contributed by atoms with van der Waals surface area (Å²) >= 11 is 0. The number of aromatic hydroxyl groups is 1. The number of phenolic OH excluding ortho intramolecular Hbond substituents is 1.